The predicted molar refractivity (Wildman–Crippen MR) is 60.3 cm³/mol. The number of nitrogens with zero attached hydrogens (tertiary/aromatic N) is 1. The molecule has 0 fully saturated rings. The second-order valence-electron chi connectivity index (χ2n) is 3.12. The maximum absolute atomic E-state index is 10.2. The molecule has 0 spiro atoms. The monoisotopic (exact) mass is 223 g/mol. The minimum atomic E-state index is -0.504. The van der Waals surface area contributed by atoms with Gasteiger partial charge >= 0.3 is 0 Å². The molecular formula is C11H13NO4. The molecule has 0 unspecified atom stereocenters. The zero-order valence-electron chi connectivity index (χ0n) is 9.39. The minimum Gasteiger partial charge on any atom is -0.493 e. The lowest BCUT2D eigenvalue weighted by molar-refractivity contribution is -0.400. The van der Waals surface area contributed by atoms with Crippen molar-refractivity contribution in [3.8, 4) is 11.5 Å². The largest absolute Gasteiger partial charge is 0.493 e. The molecule has 0 heterocycles. The van der Waals surface area contributed by atoms with Gasteiger partial charge in [-0.05, 0) is 18.6 Å². The number of ether oxygens (including phenoxy) is 2. The Bertz CT molecular complexity index is 426. The Morgan fingerprint density at radius 1 is 1.31 bits per heavy atom. The van der Waals surface area contributed by atoms with Gasteiger partial charge in [-0.2, -0.15) is 0 Å². The van der Waals surface area contributed by atoms with Gasteiger partial charge in [0.1, 0.15) is 0 Å². The van der Waals surface area contributed by atoms with Gasteiger partial charge < -0.3 is 9.47 Å². The SMILES string of the molecule is COc1ccc(C=C[N+](=O)[O-])c(C)c1OC. The molecule has 0 amide bonds. The van der Waals surface area contributed by atoms with Crippen LogP contribution in [-0.4, -0.2) is 19.1 Å². The number of rotatable bonds is 4. The normalized spacial score (nSPS) is 10.4. The van der Waals surface area contributed by atoms with Crippen LogP contribution < -0.4 is 9.47 Å². The first-order valence-electron chi connectivity index (χ1n) is 4.63. The van der Waals surface area contributed by atoms with Crippen molar-refractivity contribution >= 4 is 6.08 Å². The summed E-state index contributed by atoms with van der Waals surface area (Å²) in [4.78, 5) is 9.72. The number of nitro groups is 1. The molecule has 0 bridgehead atoms. The van der Waals surface area contributed by atoms with Crippen molar-refractivity contribution in [3.63, 3.8) is 0 Å². The zero-order chi connectivity index (χ0) is 12.1. The molecule has 1 rings (SSSR count). The topological polar surface area (TPSA) is 61.6 Å². The highest BCUT2D eigenvalue weighted by Gasteiger charge is 2.09. The fourth-order valence-electron chi connectivity index (χ4n) is 1.42. The maximum Gasteiger partial charge on any atom is 0.235 e. The summed E-state index contributed by atoms with van der Waals surface area (Å²) in [5.41, 5.74) is 1.54. The fraction of sp³-hybridized carbons (Fsp3) is 0.273. The molecule has 5 nitrogen and oxygen atoms in total. The van der Waals surface area contributed by atoms with E-state index >= 15 is 0 Å². The number of hydrogen-bond donors (Lipinski definition) is 0. The predicted octanol–water partition coefficient (Wildman–Crippen LogP) is 2.26. The van der Waals surface area contributed by atoms with Gasteiger partial charge in [0, 0.05) is 11.6 Å². The van der Waals surface area contributed by atoms with E-state index < -0.39 is 4.92 Å². The van der Waals surface area contributed by atoms with E-state index in [0.717, 1.165) is 17.3 Å². The van der Waals surface area contributed by atoms with Crippen LogP contribution in [0.1, 0.15) is 11.1 Å². The van der Waals surface area contributed by atoms with E-state index in [9.17, 15) is 10.1 Å². The van der Waals surface area contributed by atoms with Crippen LogP contribution in [0.25, 0.3) is 6.08 Å². The van der Waals surface area contributed by atoms with Gasteiger partial charge in [0.2, 0.25) is 6.20 Å². The van der Waals surface area contributed by atoms with Crippen molar-refractivity contribution in [2.75, 3.05) is 14.2 Å². The Hall–Kier alpha value is -2.04. The summed E-state index contributed by atoms with van der Waals surface area (Å²) in [6, 6.07) is 3.46. The third-order valence-electron chi connectivity index (χ3n) is 2.21. The molecule has 0 atom stereocenters. The van der Waals surface area contributed by atoms with Crippen LogP contribution in [0.15, 0.2) is 18.3 Å². The molecule has 5 heteroatoms. The Balaban J connectivity index is 3.18. The first kappa shape index (κ1) is 12.0. The Kier molecular flexibility index (Phi) is 3.88. The van der Waals surface area contributed by atoms with Gasteiger partial charge in [-0.3, -0.25) is 10.1 Å². The first-order chi connectivity index (χ1) is 7.60. The molecule has 0 radical (unpaired) electrons. The molecular weight excluding hydrogens is 210 g/mol. The molecule has 0 aliphatic heterocycles. The number of benzene rings is 1. The van der Waals surface area contributed by atoms with Gasteiger partial charge in [0.05, 0.1) is 19.1 Å². The summed E-state index contributed by atoms with van der Waals surface area (Å²) in [5, 5.41) is 10.2. The first-order valence-corrected chi connectivity index (χ1v) is 4.63. The summed E-state index contributed by atoms with van der Waals surface area (Å²) in [6.07, 6.45) is 2.32. The molecule has 1 aromatic rings. The van der Waals surface area contributed by atoms with Gasteiger partial charge in [0.15, 0.2) is 11.5 Å². The molecule has 0 aliphatic carbocycles. The molecule has 16 heavy (non-hydrogen) atoms. The van der Waals surface area contributed by atoms with Crippen molar-refractivity contribution in [1.82, 2.24) is 0 Å². The van der Waals surface area contributed by atoms with Crippen molar-refractivity contribution in [1.29, 1.82) is 0 Å². The quantitative estimate of drug-likeness (QED) is 0.580. The van der Waals surface area contributed by atoms with Crippen molar-refractivity contribution in [3.05, 3.63) is 39.6 Å². The van der Waals surface area contributed by atoms with E-state index in [-0.39, 0.29) is 0 Å². The van der Waals surface area contributed by atoms with E-state index in [2.05, 4.69) is 0 Å². The van der Waals surface area contributed by atoms with Crippen molar-refractivity contribution < 1.29 is 14.4 Å². The third kappa shape index (κ3) is 2.50. The van der Waals surface area contributed by atoms with Crippen LogP contribution in [0, 0.1) is 17.0 Å². The smallest absolute Gasteiger partial charge is 0.235 e. The Morgan fingerprint density at radius 2 is 2.00 bits per heavy atom. The third-order valence-corrected chi connectivity index (χ3v) is 2.21. The average molecular weight is 223 g/mol. The second-order valence-corrected chi connectivity index (χ2v) is 3.12. The van der Waals surface area contributed by atoms with E-state index in [1.807, 2.05) is 6.92 Å². The average Bonchev–Trinajstić information content (AvgIpc) is 2.26. The van der Waals surface area contributed by atoms with Gasteiger partial charge in [0.25, 0.3) is 0 Å². The van der Waals surface area contributed by atoms with E-state index in [4.69, 9.17) is 9.47 Å². The summed E-state index contributed by atoms with van der Waals surface area (Å²) in [6.45, 7) is 1.82. The van der Waals surface area contributed by atoms with E-state index in [1.54, 1.807) is 19.2 Å². The lowest BCUT2D eigenvalue weighted by atomic mass is 10.1. The lowest BCUT2D eigenvalue weighted by Crippen LogP contribution is -1.95. The van der Waals surface area contributed by atoms with E-state index in [1.165, 1.54) is 13.2 Å². The Labute approximate surface area is 93.4 Å². The summed E-state index contributed by atoms with van der Waals surface area (Å²) in [5.74, 6) is 1.20. The lowest BCUT2D eigenvalue weighted by Gasteiger charge is -2.11. The molecule has 86 valence electrons. The van der Waals surface area contributed by atoms with E-state index in [0.29, 0.717) is 11.5 Å². The van der Waals surface area contributed by atoms with Gasteiger partial charge in [-0.1, -0.05) is 6.07 Å². The molecule has 0 aromatic heterocycles. The van der Waals surface area contributed by atoms with Crippen molar-refractivity contribution in [2.24, 2.45) is 0 Å². The van der Waals surface area contributed by atoms with Gasteiger partial charge in [-0.25, -0.2) is 0 Å². The Morgan fingerprint density at radius 3 is 2.50 bits per heavy atom. The van der Waals surface area contributed by atoms with Gasteiger partial charge in [-0.15, -0.1) is 0 Å². The highest BCUT2D eigenvalue weighted by molar-refractivity contribution is 5.61. The highest BCUT2D eigenvalue weighted by Crippen LogP contribution is 2.33. The second kappa shape index (κ2) is 5.16. The van der Waals surface area contributed by atoms with Crippen LogP contribution >= 0.6 is 0 Å². The summed E-state index contributed by atoms with van der Waals surface area (Å²) < 4.78 is 10.3. The summed E-state index contributed by atoms with van der Waals surface area (Å²) in [7, 11) is 3.08. The molecule has 0 N–H and O–H groups in total. The summed E-state index contributed by atoms with van der Waals surface area (Å²) >= 11 is 0. The zero-order valence-corrected chi connectivity index (χ0v) is 9.39. The molecule has 0 saturated carbocycles. The van der Waals surface area contributed by atoms with Crippen LogP contribution in [0.2, 0.25) is 0 Å². The van der Waals surface area contributed by atoms with Crippen LogP contribution in [-0.2, 0) is 0 Å². The molecule has 1 aromatic carbocycles. The number of hydrogen-bond acceptors (Lipinski definition) is 4. The van der Waals surface area contributed by atoms with Crippen molar-refractivity contribution in [2.45, 2.75) is 6.92 Å². The standard InChI is InChI=1S/C11H13NO4/c1-8-9(6-7-12(13)14)4-5-10(15-2)11(8)16-3/h4-7H,1-3H3. The minimum absolute atomic E-state index is 0.504. The van der Waals surface area contributed by atoms with Crippen LogP contribution in [0.5, 0.6) is 11.5 Å². The highest BCUT2D eigenvalue weighted by atomic mass is 16.6. The molecule has 0 saturated heterocycles. The molecule has 0 aliphatic rings. The number of methoxy groups -OCH3 is 2. The maximum atomic E-state index is 10.2. The van der Waals surface area contributed by atoms with Crippen LogP contribution in [0.4, 0.5) is 0 Å². The fourth-order valence-corrected chi connectivity index (χ4v) is 1.42. The van der Waals surface area contributed by atoms with Crippen LogP contribution in [0.3, 0.4) is 0 Å².